The summed E-state index contributed by atoms with van der Waals surface area (Å²) in [5.41, 5.74) is 1.40. The number of nitrogens with one attached hydrogen (secondary N) is 1. The number of benzene rings is 1. The summed E-state index contributed by atoms with van der Waals surface area (Å²) in [5, 5.41) is 3.37. The molecule has 1 aliphatic rings. The number of rotatable bonds is 6. The van der Waals surface area contributed by atoms with Crippen LogP contribution < -0.4 is 10.1 Å². The Balaban J connectivity index is 1.49. The Morgan fingerprint density at radius 3 is 2.60 bits per heavy atom. The van der Waals surface area contributed by atoms with E-state index in [9.17, 15) is 9.59 Å². The molecular formula is C22H27ClN4O3. The first-order valence-electron chi connectivity index (χ1n) is 10.2. The van der Waals surface area contributed by atoms with Crippen molar-refractivity contribution in [2.45, 2.75) is 26.3 Å². The maximum absolute atomic E-state index is 12.8. The molecule has 1 aromatic heterocycles. The molecule has 3 amide bonds. The number of nitrogens with zero attached hydrogens (tertiary/aromatic N) is 3. The fourth-order valence-corrected chi connectivity index (χ4v) is 3.44. The van der Waals surface area contributed by atoms with Crippen molar-refractivity contribution in [2.75, 3.05) is 32.8 Å². The quantitative estimate of drug-likeness (QED) is 0.760. The van der Waals surface area contributed by atoms with Gasteiger partial charge in [0.05, 0.1) is 17.2 Å². The Labute approximate surface area is 182 Å². The van der Waals surface area contributed by atoms with Gasteiger partial charge in [-0.3, -0.25) is 4.79 Å². The molecule has 0 unspecified atom stereocenters. The van der Waals surface area contributed by atoms with Gasteiger partial charge in [0.2, 0.25) is 5.88 Å². The van der Waals surface area contributed by atoms with Crippen LogP contribution >= 0.6 is 11.6 Å². The number of carbonyl (C=O) groups is 2. The summed E-state index contributed by atoms with van der Waals surface area (Å²) in [7, 11) is 0. The number of hydrogen-bond acceptors (Lipinski definition) is 4. The van der Waals surface area contributed by atoms with Crippen LogP contribution in [0.25, 0.3) is 0 Å². The molecule has 1 aromatic carbocycles. The van der Waals surface area contributed by atoms with Gasteiger partial charge in [-0.2, -0.15) is 0 Å². The van der Waals surface area contributed by atoms with E-state index in [1.807, 2.05) is 13.0 Å². The summed E-state index contributed by atoms with van der Waals surface area (Å²) in [5.74, 6) is 0.488. The first-order valence-corrected chi connectivity index (χ1v) is 10.6. The lowest BCUT2D eigenvalue weighted by atomic mass is 10.2. The van der Waals surface area contributed by atoms with E-state index in [0.29, 0.717) is 62.2 Å². The Kier molecular flexibility index (Phi) is 7.90. The first-order chi connectivity index (χ1) is 14.6. The molecule has 1 aliphatic heterocycles. The molecule has 0 saturated carbocycles. The van der Waals surface area contributed by atoms with Crippen molar-refractivity contribution in [3.63, 3.8) is 0 Å². The minimum absolute atomic E-state index is 0.0979. The van der Waals surface area contributed by atoms with Crippen molar-refractivity contribution in [2.24, 2.45) is 0 Å². The third-order valence-corrected chi connectivity index (χ3v) is 5.20. The van der Waals surface area contributed by atoms with E-state index < -0.39 is 0 Å². The third-order valence-electron chi connectivity index (χ3n) is 4.87. The van der Waals surface area contributed by atoms with Crippen molar-refractivity contribution in [3.8, 4) is 5.88 Å². The number of halogens is 1. The largest absolute Gasteiger partial charge is 0.478 e. The molecule has 7 nitrogen and oxygen atoms in total. The SMILES string of the molecule is CCCOc1ccc(CNC(=O)N2CCCN(C(=O)c3ccccc3Cl)CC2)cn1. The molecule has 1 fully saturated rings. The van der Waals surface area contributed by atoms with Gasteiger partial charge in [0.25, 0.3) is 5.91 Å². The minimum Gasteiger partial charge on any atom is -0.478 e. The zero-order valence-electron chi connectivity index (χ0n) is 17.1. The molecule has 0 aliphatic carbocycles. The monoisotopic (exact) mass is 430 g/mol. The maximum Gasteiger partial charge on any atom is 0.317 e. The van der Waals surface area contributed by atoms with E-state index in [4.69, 9.17) is 16.3 Å². The van der Waals surface area contributed by atoms with E-state index in [2.05, 4.69) is 10.3 Å². The molecule has 2 aromatic rings. The Morgan fingerprint density at radius 2 is 1.87 bits per heavy atom. The Bertz CT molecular complexity index is 860. The fourth-order valence-electron chi connectivity index (χ4n) is 3.23. The van der Waals surface area contributed by atoms with Crippen LogP contribution in [0, 0.1) is 0 Å². The van der Waals surface area contributed by atoms with Crippen LogP contribution in [0.1, 0.15) is 35.7 Å². The van der Waals surface area contributed by atoms with Crippen molar-refractivity contribution in [1.82, 2.24) is 20.1 Å². The van der Waals surface area contributed by atoms with Crippen LogP contribution in [-0.2, 0) is 6.54 Å². The van der Waals surface area contributed by atoms with Crippen molar-refractivity contribution in [1.29, 1.82) is 0 Å². The number of ether oxygens (including phenoxy) is 1. The van der Waals surface area contributed by atoms with Crippen LogP contribution in [-0.4, -0.2) is 59.5 Å². The average molecular weight is 431 g/mol. The topological polar surface area (TPSA) is 74.8 Å². The van der Waals surface area contributed by atoms with E-state index in [-0.39, 0.29) is 11.9 Å². The van der Waals surface area contributed by atoms with Crippen molar-refractivity contribution >= 4 is 23.5 Å². The predicted octanol–water partition coefficient (Wildman–Crippen LogP) is 3.58. The molecule has 0 spiro atoms. The molecule has 30 heavy (non-hydrogen) atoms. The van der Waals surface area contributed by atoms with E-state index >= 15 is 0 Å². The molecule has 1 saturated heterocycles. The summed E-state index contributed by atoms with van der Waals surface area (Å²) in [6.07, 6.45) is 3.35. The summed E-state index contributed by atoms with van der Waals surface area (Å²) in [6.45, 7) is 5.20. The zero-order valence-corrected chi connectivity index (χ0v) is 17.9. The van der Waals surface area contributed by atoms with E-state index in [1.54, 1.807) is 46.3 Å². The van der Waals surface area contributed by atoms with Crippen LogP contribution in [0.15, 0.2) is 42.6 Å². The molecular weight excluding hydrogens is 404 g/mol. The standard InChI is InChI=1S/C22H27ClN4O3/c1-2-14-30-20-9-8-17(15-24-20)16-25-22(29)27-11-5-10-26(12-13-27)21(28)18-6-3-4-7-19(18)23/h3-4,6-9,15H,2,5,10-14,16H2,1H3,(H,25,29). The van der Waals surface area contributed by atoms with Crippen LogP contribution in [0.2, 0.25) is 5.02 Å². The molecule has 8 heteroatoms. The second-order valence-electron chi connectivity index (χ2n) is 7.12. The van der Waals surface area contributed by atoms with Gasteiger partial charge < -0.3 is 19.9 Å². The van der Waals surface area contributed by atoms with Crippen LogP contribution in [0.4, 0.5) is 4.79 Å². The molecule has 0 radical (unpaired) electrons. The highest BCUT2D eigenvalue weighted by molar-refractivity contribution is 6.33. The van der Waals surface area contributed by atoms with E-state index in [0.717, 1.165) is 12.0 Å². The average Bonchev–Trinajstić information content (AvgIpc) is 3.03. The predicted molar refractivity (Wildman–Crippen MR) is 116 cm³/mol. The van der Waals surface area contributed by atoms with Gasteiger partial charge in [0.1, 0.15) is 0 Å². The molecule has 0 bridgehead atoms. The van der Waals surface area contributed by atoms with E-state index in [1.165, 1.54) is 0 Å². The van der Waals surface area contributed by atoms with Crippen LogP contribution in [0.5, 0.6) is 5.88 Å². The normalized spacial score (nSPS) is 14.2. The summed E-state index contributed by atoms with van der Waals surface area (Å²) in [4.78, 5) is 33.1. The number of pyridine rings is 1. The zero-order chi connectivity index (χ0) is 21.3. The summed E-state index contributed by atoms with van der Waals surface area (Å²) in [6, 6.07) is 10.6. The number of carbonyl (C=O) groups excluding carboxylic acids is 2. The number of hydrogen-bond donors (Lipinski definition) is 1. The van der Waals surface area contributed by atoms with Crippen LogP contribution in [0.3, 0.4) is 0 Å². The van der Waals surface area contributed by atoms with Gasteiger partial charge in [-0.1, -0.05) is 36.7 Å². The Hall–Kier alpha value is -2.80. The van der Waals surface area contributed by atoms with Crippen molar-refractivity contribution < 1.29 is 14.3 Å². The first kappa shape index (κ1) is 21.9. The minimum atomic E-state index is -0.145. The van der Waals surface area contributed by atoms with Crippen molar-refractivity contribution in [3.05, 3.63) is 58.7 Å². The molecule has 0 atom stereocenters. The summed E-state index contributed by atoms with van der Waals surface area (Å²) >= 11 is 6.16. The molecule has 160 valence electrons. The molecule has 3 rings (SSSR count). The molecule has 1 N–H and O–H groups in total. The second-order valence-corrected chi connectivity index (χ2v) is 7.53. The smallest absolute Gasteiger partial charge is 0.317 e. The third kappa shape index (κ3) is 5.86. The summed E-state index contributed by atoms with van der Waals surface area (Å²) < 4.78 is 5.47. The number of amides is 3. The highest BCUT2D eigenvalue weighted by Gasteiger charge is 2.23. The van der Waals surface area contributed by atoms with Gasteiger partial charge >= 0.3 is 6.03 Å². The lowest BCUT2D eigenvalue weighted by Crippen LogP contribution is -2.42. The van der Waals surface area contributed by atoms with Gasteiger partial charge in [0, 0.05) is 45.0 Å². The highest BCUT2D eigenvalue weighted by atomic mass is 35.5. The van der Waals surface area contributed by atoms with Gasteiger partial charge in [-0.25, -0.2) is 9.78 Å². The number of urea groups is 1. The fraction of sp³-hybridized carbons (Fsp3) is 0.409. The number of aromatic nitrogens is 1. The van der Waals surface area contributed by atoms with Gasteiger partial charge in [-0.15, -0.1) is 0 Å². The second kappa shape index (κ2) is 10.8. The lowest BCUT2D eigenvalue weighted by Gasteiger charge is -2.23. The Morgan fingerprint density at radius 1 is 1.10 bits per heavy atom. The van der Waals surface area contributed by atoms with Gasteiger partial charge in [0.15, 0.2) is 0 Å². The maximum atomic E-state index is 12.8. The van der Waals surface area contributed by atoms with Gasteiger partial charge in [-0.05, 0) is 30.5 Å². The highest BCUT2D eigenvalue weighted by Crippen LogP contribution is 2.18. The lowest BCUT2D eigenvalue weighted by molar-refractivity contribution is 0.0762. The molecule has 2 heterocycles.